The molecule has 0 bridgehead atoms. The first-order valence-corrected chi connectivity index (χ1v) is 34.3. The lowest BCUT2D eigenvalue weighted by atomic mass is 9.73. The minimum Gasteiger partial charge on any atom is -0.465 e. The fourth-order valence-electron chi connectivity index (χ4n) is 10.1. The Balaban J connectivity index is 2.17. The van der Waals surface area contributed by atoms with Gasteiger partial charge in [-0.1, -0.05) is 96.4 Å². The van der Waals surface area contributed by atoms with Gasteiger partial charge in [0.25, 0.3) is 0 Å². The quantitative estimate of drug-likeness (QED) is 0.0767. The van der Waals surface area contributed by atoms with Gasteiger partial charge in [-0.25, -0.2) is 19.5 Å². The van der Waals surface area contributed by atoms with E-state index in [1.807, 2.05) is 32.2 Å². The predicted octanol–water partition coefficient (Wildman–Crippen LogP) is 12.7. The summed E-state index contributed by atoms with van der Waals surface area (Å²) in [5.41, 5.74) is 0.227. The third-order valence-corrected chi connectivity index (χ3v) is 31.5. The fraction of sp³-hybridized carbons (Fsp3) is 0.820. The molecule has 13 nitrogen and oxygen atoms in total. The van der Waals surface area contributed by atoms with Gasteiger partial charge in [0.05, 0.1) is 29.3 Å². The molecule has 384 valence electrons. The number of amides is 2. The average molecular weight is 1010 g/mol. The molecule has 2 aliphatic heterocycles. The number of fused-ring (bicyclic) bond motifs is 1. The van der Waals surface area contributed by atoms with Crippen molar-refractivity contribution in [2.45, 2.75) is 227 Å². The molecule has 0 radical (unpaired) electrons. The first-order valence-electron chi connectivity index (χ1n) is 25.4. The number of cyclic esters (lactones) is 1. The van der Waals surface area contributed by atoms with Crippen LogP contribution in [0, 0.1) is 17.3 Å². The number of Topliss-reactive ketones (excluding diaryl/α,β-unsaturated/α-hetero) is 1. The van der Waals surface area contributed by atoms with Crippen molar-refractivity contribution < 1.29 is 47.4 Å². The van der Waals surface area contributed by atoms with E-state index < -0.39 is 66.6 Å². The lowest BCUT2D eigenvalue weighted by Crippen LogP contribution is -2.53. The number of esters is 1. The Hall–Kier alpha value is -2.26. The monoisotopic (exact) mass is 1010 g/mol. The van der Waals surface area contributed by atoms with Gasteiger partial charge in [0.15, 0.2) is 25.0 Å². The van der Waals surface area contributed by atoms with Crippen molar-refractivity contribution in [2.24, 2.45) is 17.3 Å². The summed E-state index contributed by atoms with van der Waals surface area (Å²) in [6.07, 6.45) is 0.676. The summed E-state index contributed by atoms with van der Waals surface area (Å²) in [6, 6.07) is 5.67. The van der Waals surface area contributed by atoms with E-state index in [0.717, 1.165) is 67.6 Å². The summed E-state index contributed by atoms with van der Waals surface area (Å²) in [4.78, 5) is 60.6. The highest BCUT2D eigenvalue weighted by Gasteiger charge is 2.59. The summed E-state index contributed by atoms with van der Waals surface area (Å²) in [6.45, 7) is 38.2. The normalized spacial score (nSPS) is 27.3. The van der Waals surface area contributed by atoms with Gasteiger partial charge >= 0.3 is 18.2 Å². The maximum Gasteiger partial charge on any atom is 0.416 e. The second-order valence-electron chi connectivity index (χ2n) is 22.0. The number of carbonyl (C=O) groups excluding carboxylic acids is 2. The molecule has 2 saturated heterocycles. The SMILES string of the molecule is CC[Si](CC)(CC)O[C@H]1[C@@H](C)CCC[C@]2(C)[C@H](C[C@@H](/C(C)=C/c3csc(CCN(C(=O)O)C(=O)O)n3)OC(=O)C[C@H](O[Si](CC)(CC)CC)C(C)(C)C(=O)[C@@H]1C)N2CCO[Si](C)(C)C(C)(C)C. The van der Waals surface area contributed by atoms with E-state index in [-0.39, 0.29) is 53.8 Å². The number of thiazole rings is 1. The summed E-state index contributed by atoms with van der Waals surface area (Å²) in [7, 11) is -6.49. The number of ether oxygens (including phenoxy) is 1. The second kappa shape index (κ2) is 24.2. The lowest BCUT2D eigenvalue weighted by molar-refractivity contribution is -0.153. The number of rotatable bonds is 19. The minimum atomic E-state index is -2.35. The van der Waals surface area contributed by atoms with Crippen molar-refractivity contribution in [1.82, 2.24) is 14.8 Å². The van der Waals surface area contributed by atoms with Crippen molar-refractivity contribution in [1.29, 1.82) is 0 Å². The third-order valence-electron chi connectivity index (χ3n) is 16.7. The Labute approximate surface area is 411 Å². The summed E-state index contributed by atoms with van der Waals surface area (Å²) >= 11 is 1.32. The smallest absolute Gasteiger partial charge is 0.416 e. The van der Waals surface area contributed by atoms with Gasteiger partial charge in [-0.05, 0) is 98.7 Å². The standard InChI is InChI=1S/C50H91N3O10SSi3/c1-18-66(19-2,20-3)62-41-33-43(54)61-39(36(8)31-38-34-64-42(51-38)26-28-52(46(56)57)47(58)59)32-40-50(15,53(40)29-30-60-65(16,17)48(10,11)12)27-24-25-35(7)44(37(9)45(55)49(41,13)14)63-67(21-4,22-5)23-6/h31,34-35,37,39-41,44H,18-30,32-33H2,1-17H3,(H,56,57)(H,58,59)/b36-31+/t35-,37+,39-,40-,41-,44-,50+,53?/m0/s1. The summed E-state index contributed by atoms with van der Waals surface area (Å²) in [5.74, 6) is -0.632. The van der Waals surface area contributed by atoms with Crippen LogP contribution in [0.25, 0.3) is 6.08 Å². The Morgan fingerprint density at radius 1 is 0.955 bits per heavy atom. The Morgan fingerprint density at radius 3 is 2.03 bits per heavy atom. The van der Waals surface area contributed by atoms with E-state index in [0.29, 0.717) is 28.6 Å². The second-order valence-corrected chi connectivity index (χ2v) is 37.2. The Morgan fingerprint density at radius 2 is 1.51 bits per heavy atom. The molecule has 3 heterocycles. The highest BCUT2D eigenvalue weighted by atomic mass is 32.1. The van der Waals surface area contributed by atoms with Crippen LogP contribution < -0.4 is 0 Å². The lowest BCUT2D eigenvalue weighted by Gasteiger charge is -2.44. The molecule has 3 rings (SSSR count). The van der Waals surface area contributed by atoms with Crippen LogP contribution in [0.3, 0.4) is 0 Å². The average Bonchev–Trinajstić information content (AvgIpc) is 3.52. The molecule has 2 fully saturated rings. The number of carboxylic acid groups (broad SMARTS) is 2. The van der Waals surface area contributed by atoms with Crippen molar-refractivity contribution in [3.05, 3.63) is 21.7 Å². The van der Waals surface area contributed by atoms with Crippen molar-refractivity contribution in [3.63, 3.8) is 0 Å². The van der Waals surface area contributed by atoms with Gasteiger partial charge in [-0.15, -0.1) is 11.3 Å². The first-order chi connectivity index (χ1) is 31.1. The molecule has 0 aromatic carbocycles. The number of carbonyl (C=O) groups is 4. The molecular weight excluding hydrogens is 919 g/mol. The molecule has 8 atom stereocenters. The zero-order valence-electron chi connectivity index (χ0n) is 44.6. The van der Waals surface area contributed by atoms with E-state index in [1.165, 1.54) is 11.3 Å². The topological polar surface area (TPSA) is 165 Å². The van der Waals surface area contributed by atoms with Crippen LogP contribution in [-0.2, 0) is 34.0 Å². The minimum absolute atomic E-state index is 0.0654. The van der Waals surface area contributed by atoms with Crippen molar-refractivity contribution in [3.8, 4) is 0 Å². The van der Waals surface area contributed by atoms with Crippen LogP contribution in [0.2, 0.25) is 54.4 Å². The molecule has 0 saturated carbocycles. The third kappa shape index (κ3) is 14.7. The van der Waals surface area contributed by atoms with Crippen LogP contribution in [0.15, 0.2) is 11.0 Å². The zero-order valence-corrected chi connectivity index (χ0v) is 48.5. The maximum absolute atomic E-state index is 15.3. The van der Waals surface area contributed by atoms with Gasteiger partial charge in [0, 0.05) is 60.8 Å². The van der Waals surface area contributed by atoms with Crippen LogP contribution >= 0.6 is 11.3 Å². The van der Waals surface area contributed by atoms with Gasteiger partial charge in [0.1, 0.15) is 11.9 Å². The van der Waals surface area contributed by atoms with Crippen molar-refractivity contribution in [2.75, 3.05) is 19.7 Å². The summed E-state index contributed by atoms with van der Waals surface area (Å²) in [5, 5.41) is 21.2. The Kier molecular flexibility index (Phi) is 21.4. The predicted molar refractivity (Wildman–Crippen MR) is 278 cm³/mol. The van der Waals surface area contributed by atoms with Gasteiger partial charge in [-0.3, -0.25) is 14.5 Å². The molecule has 0 aliphatic carbocycles. The number of hydrogen-bond acceptors (Lipinski definition) is 11. The van der Waals surface area contributed by atoms with E-state index in [9.17, 15) is 24.6 Å². The molecular formula is C50H91N3O10SSi3. The van der Waals surface area contributed by atoms with E-state index in [1.54, 1.807) is 0 Å². The molecule has 2 amide bonds. The van der Waals surface area contributed by atoms with Crippen LogP contribution in [0.5, 0.6) is 0 Å². The van der Waals surface area contributed by atoms with E-state index >= 15 is 4.79 Å². The number of aromatic nitrogens is 1. The summed E-state index contributed by atoms with van der Waals surface area (Å²) < 4.78 is 28.0. The zero-order chi connectivity index (χ0) is 50.9. The van der Waals surface area contributed by atoms with Gasteiger partial charge < -0.3 is 28.2 Å². The molecule has 2 aliphatic rings. The Bertz CT molecular complexity index is 1810. The van der Waals surface area contributed by atoms with Gasteiger partial charge in [-0.2, -0.15) is 0 Å². The van der Waals surface area contributed by atoms with E-state index in [2.05, 4.69) is 101 Å². The molecule has 2 N–H and O–H groups in total. The van der Waals surface area contributed by atoms with E-state index in [4.69, 9.17) is 23.0 Å². The highest BCUT2D eigenvalue weighted by molar-refractivity contribution is 7.09. The maximum atomic E-state index is 15.3. The number of nitrogens with zero attached hydrogens (tertiary/aromatic N) is 3. The fourth-order valence-corrected chi connectivity index (χ4v) is 17.9. The number of ketones is 1. The van der Waals surface area contributed by atoms with Gasteiger partial charge in [0.2, 0.25) is 0 Å². The van der Waals surface area contributed by atoms with Crippen molar-refractivity contribution >= 4 is 66.3 Å². The molecule has 67 heavy (non-hydrogen) atoms. The van der Waals surface area contributed by atoms with Crippen LogP contribution in [0.4, 0.5) is 9.59 Å². The number of hydrogen-bond donors (Lipinski definition) is 2. The molecule has 1 aromatic rings. The van der Waals surface area contributed by atoms with Crippen LogP contribution in [-0.4, -0.2) is 123 Å². The largest absolute Gasteiger partial charge is 0.465 e. The molecule has 1 aromatic heterocycles. The highest BCUT2D eigenvalue weighted by Crippen LogP contribution is 2.49. The molecule has 17 heteroatoms. The van der Waals surface area contributed by atoms with Crippen LogP contribution in [0.1, 0.15) is 147 Å². The number of imide groups is 1. The first kappa shape index (κ1) is 59.1. The molecule has 1 unspecified atom stereocenters. The molecule has 0 spiro atoms.